The van der Waals surface area contributed by atoms with Crippen molar-refractivity contribution in [3.63, 3.8) is 0 Å². The van der Waals surface area contributed by atoms with Crippen molar-refractivity contribution in [2.75, 3.05) is 6.54 Å². The maximum atomic E-state index is 9.74. The Labute approximate surface area is 120 Å². The highest BCUT2D eigenvalue weighted by Gasteiger charge is 2.07. The molecule has 0 amide bonds. The number of hydrogen-bond acceptors (Lipinski definition) is 3. The van der Waals surface area contributed by atoms with Crippen molar-refractivity contribution in [3.05, 3.63) is 48.3 Å². The van der Waals surface area contributed by atoms with Crippen molar-refractivity contribution in [2.24, 2.45) is 5.92 Å². The van der Waals surface area contributed by atoms with Crippen LogP contribution in [0.2, 0.25) is 0 Å². The van der Waals surface area contributed by atoms with Gasteiger partial charge in [0.2, 0.25) is 0 Å². The fourth-order valence-electron chi connectivity index (χ4n) is 2.05. The molecule has 1 atom stereocenters. The van der Waals surface area contributed by atoms with E-state index < -0.39 is 0 Å². The molecule has 1 aromatic heterocycles. The van der Waals surface area contributed by atoms with E-state index in [0.29, 0.717) is 5.92 Å². The van der Waals surface area contributed by atoms with Crippen molar-refractivity contribution >= 4 is 0 Å². The van der Waals surface area contributed by atoms with Crippen LogP contribution in [0, 0.1) is 5.92 Å². The van der Waals surface area contributed by atoms with Crippen LogP contribution in [0.15, 0.2) is 42.7 Å². The molecule has 4 nitrogen and oxygen atoms in total. The summed E-state index contributed by atoms with van der Waals surface area (Å²) in [5.74, 6) is 0.319. The second-order valence-electron chi connectivity index (χ2n) is 5.40. The van der Waals surface area contributed by atoms with Gasteiger partial charge in [-0.2, -0.15) is 5.10 Å². The summed E-state index contributed by atoms with van der Waals surface area (Å²) in [5.41, 5.74) is 2.29. The van der Waals surface area contributed by atoms with Gasteiger partial charge in [0.15, 0.2) is 0 Å². The zero-order valence-electron chi connectivity index (χ0n) is 12.2. The van der Waals surface area contributed by atoms with E-state index in [1.807, 2.05) is 42.9 Å². The van der Waals surface area contributed by atoms with E-state index in [9.17, 15) is 5.11 Å². The largest absolute Gasteiger partial charge is 0.393 e. The molecule has 4 heteroatoms. The number of rotatable bonds is 7. The summed E-state index contributed by atoms with van der Waals surface area (Å²) in [6, 6.07) is 10.2. The molecule has 1 heterocycles. The predicted molar refractivity (Wildman–Crippen MR) is 80.7 cm³/mol. The van der Waals surface area contributed by atoms with Gasteiger partial charge in [-0.05, 0) is 42.6 Å². The quantitative estimate of drug-likeness (QED) is 0.761. The minimum absolute atomic E-state index is 0.224. The first-order chi connectivity index (χ1) is 9.66. The Morgan fingerprint density at radius 2 is 2.15 bits per heavy atom. The molecule has 0 spiro atoms. The lowest BCUT2D eigenvalue weighted by atomic mass is 10.0. The van der Waals surface area contributed by atoms with Crippen LogP contribution in [0.5, 0.6) is 0 Å². The number of aromatic nitrogens is 2. The zero-order valence-corrected chi connectivity index (χ0v) is 12.2. The Kier molecular flexibility index (Phi) is 5.32. The summed E-state index contributed by atoms with van der Waals surface area (Å²) in [6.45, 7) is 5.71. The van der Waals surface area contributed by atoms with Crippen molar-refractivity contribution < 1.29 is 5.11 Å². The first-order valence-electron chi connectivity index (χ1n) is 7.14. The molecule has 0 fully saturated rings. The van der Waals surface area contributed by atoms with E-state index in [1.54, 1.807) is 6.20 Å². The molecular weight excluding hydrogens is 250 g/mol. The minimum atomic E-state index is -0.224. The Hall–Kier alpha value is -1.65. The number of aliphatic hydroxyl groups excluding tert-OH is 1. The molecule has 0 saturated carbocycles. The molecule has 0 aliphatic carbocycles. The van der Waals surface area contributed by atoms with Gasteiger partial charge >= 0.3 is 0 Å². The third-order valence-electron chi connectivity index (χ3n) is 3.40. The summed E-state index contributed by atoms with van der Waals surface area (Å²) >= 11 is 0. The highest BCUT2D eigenvalue weighted by Crippen LogP contribution is 2.09. The lowest BCUT2D eigenvalue weighted by molar-refractivity contribution is 0.116. The average molecular weight is 273 g/mol. The molecule has 1 aromatic carbocycles. The first-order valence-corrected chi connectivity index (χ1v) is 7.14. The Morgan fingerprint density at radius 1 is 1.30 bits per heavy atom. The molecular formula is C16H23N3O. The molecule has 1 unspecified atom stereocenters. The van der Waals surface area contributed by atoms with E-state index in [0.717, 1.165) is 25.2 Å². The second kappa shape index (κ2) is 7.22. The highest BCUT2D eigenvalue weighted by atomic mass is 16.3. The van der Waals surface area contributed by atoms with Crippen LogP contribution in [-0.4, -0.2) is 27.5 Å². The molecule has 0 radical (unpaired) electrons. The van der Waals surface area contributed by atoms with Crippen molar-refractivity contribution in [1.29, 1.82) is 0 Å². The van der Waals surface area contributed by atoms with Crippen LogP contribution in [0.3, 0.4) is 0 Å². The monoisotopic (exact) mass is 273 g/mol. The average Bonchev–Trinajstić information content (AvgIpc) is 2.97. The highest BCUT2D eigenvalue weighted by molar-refractivity contribution is 5.34. The van der Waals surface area contributed by atoms with Gasteiger partial charge < -0.3 is 10.4 Å². The summed E-state index contributed by atoms with van der Waals surface area (Å²) in [4.78, 5) is 0. The van der Waals surface area contributed by atoms with E-state index in [4.69, 9.17) is 0 Å². The van der Waals surface area contributed by atoms with Gasteiger partial charge in [-0.15, -0.1) is 0 Å². The predicted octanol–water partition coefficient (Wildman–Crippen LogP) is 2.37. The molecule has 2 rings (SSSR count). The van der Waals surface area contributed by atoms with Crippen molar-refractivity contribution in [1.82, 2.24) is 15.1 Å². The van der Waals surface area contributed by atoms with Crippen LogP contribution in [0.1, 0.15) is 25.8 Å². The van der Waals surface area contributed by atoms with Gasteiger partial charge in [-0.3, -0.25) is 0 Å². The smallest absolute Gasteiger partial charge is 0.0648 e. The van der Waals surface area contributed by atoms with Gasteiger partial charge in [-0.1, -0.05) is 26.0 Å². The van der Waals surface area contributed by atoms with Crippen LogP contribution in [0.4, 0.5) is 0 Å². The Morgan fingerprint density at radius 3 is 2.85 bits per heavy atom. The van der Waals surface area contributed by atoms with Gasteiger partial charge in [0, 0.05) is 18.9 Å². The number of hydrogen-bond donors (Lipinski definition) is 2. The normalized spacial score (nSPS) is 12.8. The van der Waals surface area contributed by atoms with Crippen LogP contribution in [0.25, 0.3) is 5.69 Å². The zero-order chi connectivity index (χ0) is 14.4. The Balaban J connectivity index is 1.83. The number of nitrogens with zero attached hydrogens (tertiary/aromatic N) is 2. The maximum absolute atomic E-state index is 9.74. The van der Waals surface area contributed by atoms with E-state index in [-0.39, 0.29) is 6.10 Å². The summed E-state index contributed by atoms with van der Waals surface area (Å²) in [6.07, 6.45) is 4.28. The summed E-state index contributed by atoms with van der Waals surface area (Å²) in [7, 11) is 0. The summed E-state index contributed by atoms with van der Waals surface area (Å²) < 4.78 is 1.85. The fraction of sp³-hybridized carbons (Fsp3) is 0.438. The molecule has 0 saturated heterocycles. The summed E-state index contributed by atoms with van der Waals surface area (Å²) in [5, 5.41) is 17.3. The van der Waals surface area contributed by atoms with Crippen molar-refractivity contribution in [3.8, 4) is 5.69 Å². The number of benzene rings is 1. The third kappa shape index (κ3) is 4.18. The molecule has 20 heavy (non-hydrogen) atoms. The third-order valence-corrected chi connectivity index (χ3v) is 3.40. The van der Waals surface area contributed by atoms with Crippen LogP contribution < -0.4 is 5.32 Å². The van der Waals surface area contributed by atoms with Gasteiger partial charge in [0.05, 0.1) is 11.8 Å². The van der Waals surface area contributed by atoms with Gasteiger partial charge in [0.25, 0.3) is 0 Å². The van der Waals surface area contributed by atoms with Crippen LogP contribution in [-0.2, 0) is 6.54 Å². The number of aliphatic hydroxyl groups is 1. The molecule has 2 aromatic rings. The number of nitrogens with one attached hydrogen (secondary N) is 1. The van der Waals surface area contributed by atoms with E-state index in [2.05, 4.69) is 22.5 Å². The molecule has 0 aliphatic rings. The minimum Gasteiger partial charge on any atom is -0.393 e. The topological polar surface area (TPSA) is 50.1 Å². The molecule has 108 valence electrons. The van der Waals surface area contributed by atoms with Crippen LogP contribution >= 0.6 is 0 Å². The molecule has 0 bridgehead atoms. The Bertz CT molecular complexity index is 508. The standard InChI is InChI=1S/C16H23N3O/c1-13(2)16(20)7-9-17-12-14-5-3-6-15(11-14)19-10-4-8-18-19/h3-6,8,10-11,13,16-17,20H,7,9,12H2,1-2H3. The van der Waals surface area contributed by atoms with Gasteiger partial charge in [-0.25, -0.2) is 4.68 Å². The lowest BCUT2D eigenvalue weighted by Crippen LogP contribution is -2.23. The maximum Gasteiger partial charge on any atom is 0.0648 e. The molecule has 2 N–H and O–H groups in total. The molecule has 0 aliphatic heterocycles. The van der Waals surface area contributed by atoms with Gasteiger partial charge in [0.1, 0.15) is 0 Å². The fourth-order valence-corrected chi connectivity index (χ4v) is 2.05. The SMILES string of the molecule is CC(C)C(O)CCNCc1cccc(-n2cccn2)c1. The van der Waals surface area contributed by atoms with E-state index in [1.165, 1.54) is 5.56 Å². The second-order valence-corrected chi connectivity index (χ2v) is 5.40. The lowest BCUT2D eigenvalue weighted by Gasteiger charge is -2.14. The van der Waals surface area contributed by atoms with E-state index >= 15 is 0 Å². The van der Waals surface area contributed by atoms with Crippen molar-refractivity contribution in [2.45, 2.75) is 32.9 Å². The first kappa shape index (κ1) is 14.8.